The van der Waals surface area contributed by atoms with Gasteiger partial charge >= 0.3 is 5.69 Å². The average molecular weight is 470 g/mol. The quantitative estimate of drug-likeness (QED) is 0.490. The van der Waals surface area contributed by atoms with Gasteiger partial charge in [-0.15, -0.1) is 0 Å². The number of hydrogen-bond acceptors (Lipinski definition) is 5. The van der Waals surface area contributed by atoms with Gasteiger partial charge in [0.25, 0.3) is 17.4 Å². The van der Waals surface area contributed by atoms with Crippen molar-refractivity contribution in [2.45, 2.75) is 6.54 Å². The molecule has 0 radical (unpaired) electrons. The van der Waals surface area contributed by atoms with Crippen molar-refractivity contribution in [1.82, 2.24) is 24.3 Å². The molecule has 176 valence electrons. The van der Waals surface area contributed by atoms with Crippen molar-refractivity contribution >= 4 is 22.7 Å². The van der Waals surface area contributed by atoms with Crippen molar-refractivity contribution in [3.8, 4) is 0 Å². The van der Waals surface area contributed by atoms with Crippen LogP contribution in [0.5, 0.6) is 0 Å². The Labute approximate surface area is 200 Å². The summed E-state index contributed by atoms with van der Waals surface area (Å²) in [5, 5.41) is 0.429. The molecule has 1 aliphatic heterocycles. The maximum absolute atomic E-state index is 13.2. The molecular weight excluding hydrogens is 446 g/mol. The molecular formula is C26H23N5O4. The molecule has 0 saturated carbocycles. The summed E-state index contributed by atoms with van der Waals surface area (Å²) in [6, 6.07) is 17.5. The molecule has 3 heterocycles. The van der Waals surface area contributed by atoms with Crippen molar-refractivity contribution in [1.29, 1.82) is 0 Å². The van der Waals surface area contributed by atoms with Crippen LogP contribution in [0.4, 0.5) is 0 Å². The fraction of sp³-hybridized carbons (Fsp3) is 0.192. The van der Waals surface area contributed by atoms with Crippen molar-refractivity contribution in [3.05, 3.63) is 111 Å². The lowest BCUT2D eigenvalue weighted by Crippen LogP contribution is -2.50. The number of pyridine rings is 1. The number of hydrogen-bond donors (Lipinski definition) is 1. The molecule has 2 aromatic heterocycles. The Bertz CT molecular complexity index is 1520. The minimum absolute atomic E-state index is 0.0919. The molecule has 0 bridgehead atoms. The third kappa shape index (κ3) is 4.48. The summed E-state index contributed by atoms with van der Waals surface area (Å²) in [7, 11) is 0. The van der Waals surface area contributed by atoms with E-state index in [0.717, 1.165) is 5.56 Å². The van der Waals surface area contributed by atoms with E-state index in [0.29, 0.717) is 48.2 Å². The molecule has 35 heavy (non-hydrogen) atoms. The number of aromatic amines is 1. The highest BCUT2D eigenvalue weighted by Crippen LogP contribution is 2.15. The van der Waals surface area contributed by atoms with E-state index >= 15 is 0 Å². The van der Waals surface area contributed by atoms with Crippen LogP contribution in [-0.2, 0) is 6.54 Å². The summed E-state index contributed by atoms with van der Waals surface area (Å²) >= 11 is 0. The normalized spacial score (nSPS) is 13.7. The van der Waals surface area contributed by atoms with Crippen LogP contribution in [0.2, 0.25) is 0 Å². The molecule has 4 aromatic rings. The molecule has 5 rings (SSSR count). The summed E-state index contributed by atoms with van der Waals surface area (Å²) in [6.07, 6.45) is 3.17. The Morgan fingerprint density at radius 1 is 0.829 bits per heavy atom. The van der Waals surface area contributed by atoms with E-state index in [4.69, 9.17) is 0 Å². The lowest BCUT2D eigenvalue weighted by Gasteiger charge is -2.34. The van der Waals surface area contributed by atoms with Gasteiger partial charge in [0.05, 0.1) is 23.0 Å². The number of aromatic nitrogens is 3. The number of nitrogens with one attached hydrogen (secondary N) is 1. The lowest BCUT2D eigenvalue weighted by molar-refractivity contribution is 0.0535. The Morgan fingerprint density at radius 3 is 2.23 bits per heavy atom. The monoisotopic (exact) mass is 469 g/mol. The predicted molar refractivity (Wildman–Crippen MR) is 130 cm³/mol. The van der Waals surface area contributed by atoms with Crippen molar-refractivity contribution < 1.29 is 9.59 Å². The molecule has 1 N–H and O–H groups in total. The number of amides is 2. The zero-order valence-corrected chi connectivity index (χ0v) is 18.9. The van der Waals surface area contributed by atoms with Crippen molar-refractivity contribution in [2.75, 3.05) is 26.2 Å². The smallest absolute Gasteiger partial charge is 0.329 e. The number of rotatable bonds is 4. The van der Waals surface area contributed by atoms with Crippen LogP contribution in [-0.4, -0.2) is 62.3 Å². The lowest BCUT2D eigenvalue weighted by atomic mass is 10.1. The Kier molecular flexibility index (Phi) is 5.97. The van der Waals surface area contributed by atoms with Gasteiger partial charge < -0.3 is 9.80 Å². The third-order valence-corrected chi connectivity index (χ3v) is 6.18. The number of nitrogens with zero attached hydrogens (tertiary/aromatic N) is 4. The zero-order valence-electron chi connectivity index (χ0n) is 18.9. The van der Waals surface area contributed by atoms with Gasteiger partial charge in [-0.1, -0.05) is 24.3 Å². The Balaban J connectivity index is 1.31. The maximum atomic E-state index is 13.2. The van der Waals surface area contributed by atoms with E-state index in [1.54, 1.807) is 76.8 Å². The van der Waals surface area contributed by atoms with E-state index in [1.165, 1.54) is 4.57 Å². The minimum atomic E-state index is -0.500. The van der Waals surface area contributed by atoms with Crippen LogP contribution < -0.4 is 11.2 Å². The van der Waals surface area contributed by atoms with Crippen LogP contribution in [0.25, 0.3) is 10.9 Å². The van der Waals surface area contributed by atoms with Gasteiger partial charge in [-0.2, -0.15) is 0 Å². The average Bonchev–Trinajstić information content (AvgIpc) is 2.91. The second kappa shape index (κ2) is 9.38. The van der Waals surface area contributed by atoms with E-state index < -0.39 is 11.2 Å². The number of H-pyrrole nitrogens is 1. The molecule has 9 heteroatoms. The first kappa shape index (κ1) is 22.3. The first-order valence-electron chi connectivity index (χ1n) is 11.3. The van der Waals surface area contributed by atoms with Gasteiger partial charge in [0.15, 0.2) is 0 Å². The van der Waals surface area contributed by atoms with Crippen LogP contribution in [0, 0.1) is 0 Å². The van der Waals surface area contributed by atoms with E-state index in [9.17, 15) is 19.2 Å². The van der Waals surface area contributed by atoms with Crippen LogP contribution in [0.3, 0.4) is 0 Å². The molecule has 0 spiro atoms. The highest BCUT2D eigenvalue weighted by Gasteiger charge is 2.25. The highest BCUT2D eigenvalue weighted by atomic mass is 16.2. The van der Waals surface area contributed by atoms with Crippen LogP contribution in [0.15, 0.2) is 82.6 Å². The van der Waals surface area contributed by atoms with Crippen LogP contribution in [0.1, 0.15) is 26.3 Å². The van der Waals surface area contributed by atoms with Crippen molar-refractivity contribution in [2.24, 2.45) is 0 Å². The summed E-state index contributed by atoms with van der Waals surface area (Å²) in [5.74, 6) is -0.218. The second-order valence-electron chi connectivity index (χ2n) is 8.39. The van der Waals surface area contributed by atoms with Gasteiger partial charge in [0, 0.05) is 44.1 Å². The van der Waals surface area contributed by atoms with E-state index in [-0.39, 0.29) is 18.4 Å². The molecule has 1 saturated heterocycles. The summed E-state index contributed by atoms with van der Waals surface area (Å²) < 4.78 is 1.49. The third-order valence-electron chi connectivity index (χ3n) is 6.18. The highest BCUT2D eigenvalue weighted by molar-refractivity contribution is 5.96. The Hall–Kier alpha value is -4.53. The fourth-order valence-corrected chi connectivity index (χ4v) is 4.35. The molecule has 2 amide bonds. The van der Waals surface area contributed by atoms with Crippen molar-refractivity contribution in [3.63, 3.8) is 0 Å². The summed E-state index contributed by atoms with van der Waals surface area (Å²) in [6.45, 7) is 1.96. The van der Waals surface area contributed by atoms with E-state index in [2.05, 4.69) is 9.97 Å². The molecule has 1 fully saturated rings. The van der Waals surface area contributed by atoms with Gasteiger partial charge in [-0.25, -0.2) is 4.79 Å². The Morgan fingerprint density at radius 2 is 1.51 bits per heavy atom. The molecule has 0 atom stereocenters. The number of piperazine rings is 1. The first-order chi connectivity index (χ1) is 17.0. The second-order valence-corrected chi connectivity index (χ2v) is 8.39. The number of para-hydroxylation sites is 1. The van der Waals surface area contributed by atoms with E-state index in [1.807, 2.05) is 6.07 Å². The van der Waals surface area contributed by atoms with Gasteiger partial charge in [0.2, 0.25) is 0 Å². The van der Waals surface area contributed by atoms with Gasteiger partial charge in [-0.05, 0) is 42.0 Å². The SMILES string of the molecule is O=C(c1cccnc1)N1CCN(C(=O)c2cccc(Cn3c(=O)[nH]c(=O)c4ccccc43)c2)CC1. The fourth-order valence-electron chi connectivity index (χ4n) is 4.35. The standard InChI is InChI=1S/C26H23N5O4/c32-23-21-8-1-2-9-22(21)31(26(35)28-23)17-18-5-3-6-19(15-18)24(33)29-11-13-30(14-12-29)25(34)20-7-4-10-27-16-20/h1-10,15-16H,11-14,17H2,(H,28,32,35). The molecule has 9 nitrogen and oxygen atoms in total. The molecule has 0 aliphatic carbocycles. The van der Waals surface area contributed by atoms with Gasteiger partial charge in [0.1, 0.15) is 0 Å². The summed E-state index contributed by atoms with van der Waals surface area (Å²) in [5.41, 5.74) is 1.42. The zero-order chi connectivity index (χ0) is 24.4. The number of fused-ring (bicyclic) bond motifs is 1. The molecule has 2 aromatic carbocycles. The number of carbonyl (C=O) groups is 2. The van der Waals surface area contributed by atoms with Gasteiger partial charge in [-0.3, -0.25) is 28.9 Å². The maximum Gasteiger partial charge on any atom is 0.329 e. The predicted octanol–water partition coefficient (Wildman–Crippen LogP) is 1.73. The largest absolute Gasteiger partial charge is 0.335 e. The topological polar surface area (TPSA) is 108 Å². The minimum Gasteiger partial charge on any atom is -0.335 e. The summed E-state index contributed by atoms with van der Waals surface area (Å²) in [4.78, 5) is 60.3. The molecule has 0 unspecified atom stereocenters. The van der Waals surface area contributed by atoms with Crippen LogP contribution >= 0.6 is 0 Å². The molecule has 1 aliphatic rings. The number of carbonyl (C=O) groups excluding carboxylic acids is 2. The number of benzene rings is 2. The first-order valence-corrected chi connectivity index (χ1v) is 11.3.